The van der Waals surface area contributed by atoms with Crippen LogP contribution in [-0.4, -0.2) is 5.97 Å². The van der Waals surface area contributed by atoms with Crippen LogP contribution in [0.15, 0.2) is 61.2 Å². The highest BCUT2D eigenvalue weighted by molar-refractivity contribution is 6.30. The van der Waals surface area contributed by atoms with Crippen molar-refractivity contribution in [2.24, 2.45) is 0 Å². The number of halogens is 1. The number of benzene rings is 2. The Morgan fingerprint density at radius 1 is 1.05 bits per heavy atom. The fraction of sp³-hybridized carbons (Fsp3) is 0.211. The number of hydrogen-bond donors (Lipinski definition) is 0. The van der Waals surface area contributed by atoms with Gasteiger partial charge in [-0.2, -0.15) is 0 Å². The summed E-state index contributed by atoms with van der Waals surface area (Å²) in [6.07, 6.45) is 6.27. The van der Waals surface area contributed by atoms with E-state index in [1.54, 1.807) is 36.4 Å². The van der Waals surface area contributed by atoms with Crippen LogP contribution in [0.25, 0.3) is 0 Å². The van der Waals surface area contributed by atoms with Crippen molar-refractivity contribution >= 4 is 17.6 Å². The van der Waals surface area contributed by atoms with Crippen LogP contribution in [0.1, 0.15) is 35.2 Å². The van der Waals surface area contributed by atoms with Crippen molar-refractivity contribution in [3.05, 3.63) is 77.3 Å². The maximum atomic E-state index is 12.0. The van der Waals surface area contributed by atoms with E-state index in [0.717, 1.165) is 25.7 Å². The van der Waals surface area contributed by atoms with Crippen LogP contribution in [0.4, 0.5) is 0 Å². The van der Waals surface area contributed by atoms with Gasteiger partial charge in [-0.3, -0.25) is 0 Å². The lowest BCUT2D eigenvalue weighted by molar-refractivity contribution is 0.0735. The molecular formula is C19H19ClO2. The molecule has 0 aliphatic heterocycles. The van der Waals surface area contributed by atoms with Gasteiger partial charge in [0.15, 0.2) is 0 Å². The minimum Gasteiger partial charge on any atom is -0.423 e. The fourth-order valence-corrected chi connectivity index (χ4v) is 2.22. The first-order valence-electron chi connectivity index (χ1n) is 7.36. The molecule has 0 fully saturated rings. The molecule has 0 aromatic heterocycles. The zero-order valence-corrected chi connectivity index (χ0v) is 13.2. The Hall–Kier alpha value is -2.06. The predicted molar refractivity (Wildman–Crippen MR) is 90.6 cm³/mol. The summed E-state index contributed by atoms with van der Waals surface area (Å²) < 4.78 is 5.30. The number of hydrogen-bond acceptors (Lipinski definition) is 2. The van der Waals surface area contributed by atoms with E-state index in [2.05, 4.69) is 6.58 Å². The van der Waals surface area contributed by atoms with Gasteiger partial charge in [0.2, 0.25) is 0 Å². The van der Waals surface area contributed by atoms with Gasteiger partial charge in [0.05, 0.1) is 5.56 Å². The lowest BCUT2D eigenvalue weighted by atomic mass is 10.1. The lowest BCUT2D eigenvalue weighted by Crippen LogP contribution is -2.08. The first-order chi connectivity index (χ1) is 10.7. The van der Waals surface area contributed by atoms with Gasteiger partial charge >= 0.3 is 5.97 Å². The molecule has 0 saturated heterocycles. The molecule has 0 bridgehead atoms. The van der Waals surface area contributed by atoms with E-state index in [9.17, 15) is 4.79 Å². The Morgan fingerprint density at radius 3 is 2.36 bits per heavy atom. The van der Waals surface area contributed by atoms with Crippen LogP contribution in [0, 0.1) is 0 Å². The summed E-state index contributed by atoms with van der Waals surface area (Å²) in [5.41, 5.74) is 1.77. The number of ether oxygens (including phenoxy) is 1. The second-order valence-electron chi connectivity index (χ2n) is 5.07. The number of allylic oxidation sites excluding steroid dienone is 1. The van der Waals surface area contributed by atoms with E-state index in [0.29, 0.717) is 16.3 Å². The number of carbonyl (C=O) groups is 1. The van der Waals surface area contributed by atoms with Gasteiger partial charge in [0.25, 0.3) is 0 Å². The third kappa shape index (κ3) is 5.05. The van der Waals surface area contributed by atoms with Gasteiger partial charge in [-0.25, -0.2) is 4.79 Å². The standard InChI is InChI=1S/C19H19ClO2/c1-2-3-4-5-6-15-7-9-16(10-8-15)19(21)22-18-13-11-17(20)12-14-18/h2,7-14H,1,3-6H2. The van der Waals surface area contributed by atoms with Crippen molar-refractivity contribution in [3.63, 3.8) is 0 Å². The molecule has 0 spiro atoms. The summed E-state index contributed by atoms with van der Waals surface area (Å²) >= 11 is 5.80. The van der Waals surface area contributed by atoms with Crippen molar-refractivity contribution in [2.45, 2.75) is 25.7 Å². The average molecular weight is 315 g/mol. The summed E-state index contributed by atoms with van der Waals surface area (Å²) in [7, 11) is 0. The van der Waals surface area contributed by atoms with E-state index < -0.39 is 0 Å². The van der Waals surface area contributed by atoms with Crippen molar-refractivity contribution in [1.29, 1.82) is 0 Å². The molecule has 3 heteroatoms. The number of carbonyl (C=O) groups excluding carboxylic acids is 1. The summed E-state index contributed by atoms with van der Waals surface area (Å²) in [5, 5.41) is 0.612. The van der Waals surface area contributed by atoms with Crippen molar-refractivity contribution in [1.82, 2.24) is 0 Å². The largest absolute Gasteiger partial charge is 0.423 e. The van der Waals surface area contributed by atoms with Crippen LogP contribution in [0.3, 0.4) is 0 Å². The van der Waals surface area contributed by atoms with E-state index >= 15 is 0 Å². The highest BCUT2D eigenvalue weighted by atomic mass is 35.5. The highest BCUT2D eigenvalue weighted by Crippen LogP contribution is 2.17. The molecule has 0 atom stereocenters. The molecule has 2 rings (SSSR count). The number of esters is 1. The Morgan fingerprint density at radius 2 is 1.73 bits per heavy atom. The SMILES string of the molecule is C=CCCCCc1ccc(C(=O)Oc2ccc(Cl)cc2)cc1. The molecule has 114 valence electrons. The summed E-state index contributed by atoms with van der Waals surface area (Å²) in [6, 6.07) is 14.3. The van der Waals surface area contributed by atoms with Gasteiger partial charge in [-0.1, -0.05) is 29.8 Å². The highest BCUT2D eigenvalue weighted by Gasteiger charge is 2.08. The van der Waals surface area contributed by atoms with Gasteiger partial charge in [-0.05, 0) is 67.6 Å². The second-order valence-corrected chi connectivity index (χ2v) is 5.51. The van der Waals surface area contributed by atoms with Crippen molar-refractivity contribution in [2.75, 3.05) is 0 Å². The minimum absolute atomic E-state index is 0.361. The average Bonchev–Trinajstić information content (AvgIpc) is 2.54. The Bertz CT molecular complexity index is 615. The topological polar surface area (TPSA) is 26.3 Å². The van der Waals surface area contributed by atoms with E-state index in [1.165, 1.54) is 5.56 Å². The maximum Gasteiger partial charge on any atom is 0.343 e. The smallest absolute Gasteiger partial charge is 0.343 e. The molecular weight excluding hydrogens is 296 g/mol. The molecule has 0 heterocycles. The first-order valence-corrected chi connectivity index (χ1v) is 7.74. The molecule has 0 aliphatic rings. The van der Waals surface area contributed by atoms with E-state index in [1.807, 2.05) is 18.2 Å². The molecule has 2 nitrogen and oxygen atoms in total. The van der Waals surface area contributed by atoms with E-state index in [4.69, 9.17) is 16.3 Å². The Kier molecular flexibility index (Phi) is 6.23. The molecule has 22 heavy (non-hydrogen) atoms. The fourth-order valence-electron chi connectivity index (χ4n) is 2.09. The maximum absolute atomic E-state index is 12.0. The molecule has 0 N–H and O–H groups in total. The minimum atomic E-state index is -0.361. The molecule has 2 aromatic rings. The van der Waals surface area contributed by atoms with Crippen molar-refractivity contribution < 1.29 is 9.53 Å². The number of rotatable bonds is 7. The quantitative estimate of drug-likeness (QED) is 0.294. The molecule has 2 aromatic carbocycles. The monoisotopic (exact) mass is 314 g/mol. The number of unbranched alkanes of at least 4 members (excludes halogenated alkanes) is 2. The lowest BCUT2D eigenvalue weighted by Gasteiger charge is -2.06. The van der Waals surface area contributed by atoms with Gasteiger partial charge in [-0.15, -0.1) is 6.58 Å². The molecule has 0 saturated carbocycles. The predicted octanol–water partition coefficient (Wildman–Crippen LogP) is 5.46. The van der Waals surface area contributed by atoms with E-state index in [-0.39, 0.29) is 5.97 Å². The summed E-state index contributed by atoms with van der Waals surface area (Å²) in [6.45, 7) is 3.72. The molecule has 0 amide bonds. The normalized spacial score (nSPS) is 10.2. The third-order valence-corrected chi connectivity index (χ3v) is 3.59. The summed E-state index contributed by atoms with van der Waals surface area (Å²) in [4.78, 5) is 12.0. The zero-order valence-electron chi connectivity index (χ0n) is 12.4. The van der Waals surface area contributed by atoms with Crippen LogP contribution in [0.5, 0.6) is 5.75 Å². The van der Waals surface area contributed by atoms with Crippen LogP contribution in [0.2, 0.25) is 5.02 Å². The van der Waals surface area contributed by atoms with Gasteiger partial charge in [0.1, 0.15) is 5.75 Å². The molecule has 0 radical (unpaired) electrons. The van der Waals surface area contributed by atoms with Crippen LogP contribution in [-0.2, 0) is 6.42 Å². The van der Waals surface area contributed by atoms with Crippen LogP contribution >= 0.6 is 11.6 Å². The van der Waals surface area contributed by atoms with Gasteiger partial charge < -0.3 is 4.74 Å². The first kappa shape index (κ1) is 16.3. The Balaban J connectivity index is 1.90. The number of aryl methyl sites for hydroxylation is 1. The summed E-state index contributed by atoms with van der Waals surface area (Å²) in [5.74, 6) is 0.128. The second kappa shape index (κ2) is 8.40. The van der Waals surface area contributed by atoms with Gasteiger partial charge in [0, 0.05) is 5.02 Å². The zero-order chi connectivity index (χ0) is 15.8. The molecule has 0 unspecified atom stereocenters. The third-order valence-electron chi connectivity index (χ3n) is 3.34. The van der Waals surface area contributed by atoms with Crippen LogP contribution < -0.4 is 4.74 Å². The molecule has 0 aliphatic carbocycles. The van der Waals surface area contributed by atoms with Crippen molar-refractivity contribution in [3.8, 4) is 5.75 Å². The Labute approximate surface area is 136 Å².